The van der Waals surface area contributed by atoms with Crippen molar-refractivity contribution in [2.45, 2.75) is 44.6 Å². The number of hydrogen-bond acceptors (Lipinski definition) is 0. The van der Waals surface area contributed by atoms with Gasteiger partial charge in [0.05, 0.1) is 0 Å². The topological polar surface area (TPSA) is 0 Å². The van der Waals surface area contributed by atoms with Gasteiger partial charge < -0.3 is 12.9 Å². The summed E-state index contributed by atoms with van der Waals surface area (Å²) in [5, 5.41) is 0. The molecule has 1 rings (SSSR count). The van der Waals surface area contributed by atoms with E-state index in [-0.39, 0.29) is 18.2 Å². The summed E-state index contributed by atoms with van der Waals surface area (Å²) >= 11 is 3.86. The van der Waals surface area contributed by atoms with Gasteiger partial charge in [-0.15, -0.1) is 4.05 Å². The molecule has 0 heterocycles. The van der Waals surface area contributed by atoms with Gasteiger partial charge in [0, 0.05) is 0 Å². The molecule has 0 saturated heterocycles. The summed E-state index contributed by atoms with van der Waals surface area (Å²) in [4.78, 5) is 0. The molecule has 0 bridgehead atoms. The third kappa shape index (κ3) is 2.85. The van der Waals surface area contributed by atoms with Crippen LogP contribution >= 0.6 is 12.9 Å². The predicted molar refractivity (Wildman–Crippen MR) is 64.3 cm³/mol. The Kier molecular flexibility index (Phi) is 5.08. The molecular weight excluding hydrogens is 236 g/mol. The van der Waals surface area contributed by atoms with Crippen LogP contribution in [0.5, 0.6) is 0 Å². The van der Waals surface area contributed by atoms with Crippen molar-refractivity contribution in [3.05, 3.63) is 0 Å². The van der Waals surface area contributed by atoms with Crippen molar-refractivity contribution in [1.82, 2.24) is 0 Å². The van der Waals surface area contributed by atoms with E-state index in [0.29, 0.717) is 0 Å². The van der Waals surface area contributed by atoms with Crippen molar-refractivity contribution in [3.8, 4) is 0 Å². The molecule has 0 N–H and O–H groups in total. The summed E-state index contributed by atoms with van der Waals surface area (Å²) in [5.74, 6) is 3.86. The molecule has 2 atom stereocenters. The summed E-state index contributed by atoms with van der Waals surface area (Å²) in [6.45, 7) is 9.60. The highest BCUT2D eigenvalue weighted by Crippen LogP contribution is 2.48. The van der Waals surface area contributed by atoms with Gasteiger partial charge in [0.2, 0.25) is 0 Å². The third-order valence-electron chi connectivity index (χ3n) is 3.82. The molecule has 1 aliphatic carbocycles. The maximum atomic E-state index is 3.83. The summed E-state index contributed by atoms with van der Waals surface area (Å²) in [6.07, 6.45) is 2.98. The summed E-state index contributed by atoms with van der Waals surface area (Å²) < 4.78 is 1.07. The molecular formula is C11H21BrMg. The average Bonchev–Trinajstić information content (AvgIpc) is 2.46. The molecule has 74 valence electrons. The van der Waals surface area contributed by atoms with Gasteiger partial charge in [-0.3, -0.25) is 0 Å². The largest absolute Gasteiger partial charge is 0.472 e. The molecule has 2 unspecified atom stereocenters. The number of hydrogen-bond donors (Lipinski definition) is 0. The normalized spacial score (nSPS) is 34.2. The van der Waals surface area contributed by atoms with Gasteiger partial charge in [0.15, 0.2) is 0 Å². The standard InChI is InChI=1S/C11H21.BrH.Mg/c1-8(2)10-5-6-11(7-10)9(3)4;;/h7-11H,5-6H2,1-4H3;1H;/q;;+1/p-1. The number of rotatable bonds is 3. The maximum absolute atomic E-state index is 3.83. The van der Waals surface area contributed by atoms with Gasteiger partial charge in [-0.2, -0.15) is 0 Å². The van der Waals surface area contributed by atoms with E-state index in [1.165, 1.54) is 12.8 Å². The van der Waals surface area contributed by atoms with E-state index >= 15 is 0 Å². The predicted octanol–water partition coefficient (Wildman–Crippen LogP) is 4.13. The molecule has 0 aliphatic heterocycles. The molecule has 0 spiro atoms. The van der Waals surface area contributed by atoms with Gasteiger partial charge in [-0.05, 0) is 11.8 Å². The highest BCUT2D eigenvalue weighted by Gasteiger charge is 2.38. The molecule has 1 aliphatic rings. The minimum absolute atomic E-state index is 0.0225. The Bertz CT molecular complexity index is 140. The lowest BCUT2D eigenvalue weighted by Gasteiger charge is -2.28. The van der Waals surface area contributed by atoms with Crippen molar-refractivity contribution < 1.29 is 0 Å². The highest BCUT2D eigenvalue weighted by molar-refractivity contribution is 9.23. The SMILES string of the molecule is CC(C)C1CCC(C(C)C)[CH]1[Mg][Br]. The zero-order valence-electron chi connectivity index (χ0n) is 9.39. The highest BCUT2D eigenvalue weighted by atomic mass is 79.9. The lowest BCUT2D eigenvalue weighted by Crippen LogP contribution is -2.19. The Morgan fingerprint density at radius 2 is 1.38 bits per heavy atom. The monoisotopic (exact) mass is 256 g/mol. The molecule has 0 amide bonds. The molecule has 1 saturated carbocycles. The first-order valence-corrected chi connectivity index (χ1v) is 10.4. The fraction of sp³-hybridized carbons (Fsp3) is 1.00. The van der Waals surface area contributed by atoms with E-state index in [2.05, 4.69) is 40.6 Å². The molecule has 0 aromatic carbocycles. The summed E-state index contributed by atoms with van der Waals surface area (Å²) in [6, 6.07) is 0. The molecule has 0 aromatic heterocycles. The Labute approximate surface area is 98.8 Å². The van der Waals surface area contributed by atoms with E-state index < -0.39 is 0 Å². The van der Waals surface area contributed by atoms with Crippen molar-refractivity contribution in [2.24, 2.45) is 23.7 Å². The Morgan fingerprint density at radius 1 is 1.00 bits per heavy atom. The van der Waals surface area contributed by atoms with Crippen molar-refractivity contribution in [3.63, 3.8) is 0 Å². The van der Waals surface area contributed by atoms with Crippen LogP contribution in [0.1, 0.15) is 40.5 Å². The Hall–Kier alpha value is 1.25. The second kappa shape index (κ2) is 5.36. The first-order chi connectivity index (χ1) is 6.07. The van der Waals surface area contributed by atoms with E-state index in [1.807, 2.05) is 0 Å². The fourth-order valence-corrected chi connectivity index (χ4v) is 7.91. The van der Waals surface area contributed by atoms with Crippen molar-refractivity contribution in [2.75, 3.05) is 0 Å². The van der Waals surface area contributed by atoms with Gasteiger partial charge in [0.1, 0.15) is 0 Å². The lowest BCUT2D eigenvalue weighted by atomic mass is 9.88. The molecule has 1 fully saturated rings. The zero-order chi connectivity index (χ0) is 10.0. The molecule has 13 heavy (non-hydrogen) atoms. The van der Waals surface area contributed by atoms with Crippen LogP contribution in [0.3, 0.4) is 0 Å². The van der Waals surface area contributed by atoms with Crippen LogP contribution < -0.4 is 0 Å². The van der Waals surface area contributed by atoms with Crippen LogP contribution in [0.25, 0.3) is 0 Å². The second-order valence-corrected chi connectivity index (χ2v) is 8.41. The zero-order valence-corrected chi connectivity index (χ0v) is 12.4. The summed E-state index contributed by atoms with van der Waals surface area (Å²) in [7, 11) is 0. The Morgan fingerprint density at radius 3 is 1.62 bits per heavy atom. The van der Waals surface area contributed by atoms with Crippen molar-refractivity contribution >= 4 is 31.1 Å². The Balaban J connectivity index is 2.63. The van der Waals surface area contributed by atoms with Gasteiger partial charge in [-0.1, -0.05) is 52.4 Å². The maximum Gasteiger partial charge on any atom is 0.472 e. The fourth-order valence-electron chi connectivity index (χ4n) is 3.01. The van der Waals surface area contributed by atoms with Crippen LogP contribution in [-0.4, -0.2) is 18.2 Å². The van der Waals surface area contributed by atoms with Crippen LogP contribution in [-0.2, 0) is 0 Å². The van der Waals surface area contributed by atoms with Crippen LogP contribution in [0.15, 0.2) is 0 Å². The summed E-state index contributed by atoms with van der Waals surface area (Å²) in [5.41, 5.74) is 0. The van der Waals surface area contributed by atoms with Gasteiger partial charge in [-0.25, -0.2) is 0 Å². The first-order valence-electron chi connectivity index (χ1n) is 5.63. The average molecular weight is 257 g/mol. The molecule has 0 nitrogen and oxygen atoms in total. The van der Waals surface area contributed by atoms with Crippen LogP contribution in [0.2, 0.25) is 4.05 Å². The van der Waals surface area contributed by atoms with Gasteiger partial charge >= 0.3 is 18.2 Å². The lowest BCUT2D eigenvalue weighted by molar-refractivity contribution is 0.340. The molecule has 0 radical (unpaired) electrons. The third-order valence-corrected chi connectivity index (χ3v) is 7.63. The minimum Gasteiger partial charge on any atom is -0.306 e. The molecule has 0 aromatic rings. The van der Waals surface area contributed by atoms with E-state index in [0.717, 1.165) is 27.7 Å². The number of halogens is 1. The minimum atomic E-state index is 0.0225. The molecule has 2 heteroatoms. The second-order valence-electron chi connectivity index (χ2n) is 5.21. The van der Waals surface area contributed by atoms with Crippen LogP contribution in [0.4, 0.5) is 0 Å². The quantitative estimate of drug-likeness (QED) is 0.667. The van der Waals surface area contributed by atoms with E-state index in [4.69, 9.17) is 0 Å². The first kappa shape index (κ1) is 12.3. The smallest absolute Gasteiger partial charge is 0.306 e. The van der Waals surface area contributed by atoms with Crippen LogP contribution in [0, 0.1) is 23.7 Å². The van der Waals surface area contributed by atoms with Gasteiger partial charge in [0.25, 0.3) is 0 Å². The van der Waals surface area contributed by atoms with E-state index in [9.17, 15) is 0 Å². The van der Waals surface area contributed by atoms with Crippen molar-refractivity contribution in [1.29, 1.82) is 0 Å². The van der Waals surface area contributed by atoms with E-state index in [1.54, 1.807) is 0 Å².